The Balaban J connectivity index is 1.28. The molecule has 4 rings (SSSR count). The topological polar surface area (TPSA) is 76.1 Å². The minimum atomic E-state index is -0.0391. The molecule has 0 saturated carbocycles. The molecule has 0 fully saturated rings. The molecule has 1 heterocycles. The van der Waals surface area contributed by atoms with Crippen molar-refractivity contribution in [2.75, 3.05) is 23.5 Å². The number of carbonyl (C=O) groups is 1. The highest BCUT2D eigenvalue weighted by Crippen LogP contribution is 2.29. The quantitative estimate of drug-likeness (QED) is 0.556. The summed E-state index contributed by atoms with van der Waals surface area (Å²) in [6.07, 6.45) is 3.44. The van der Waals surface area contributed by atoms with Crippen LogP contribution in [-0.4, -0.2) is 29.0 Å². The third kappa shape index (κ3) is 4.63. The summed E-state index contributed by atoms with van der Waals surface area (Å²) in [5, 5.41) is 15.1. The van der Waals surface area contributed by atoms with Crippen LogP contribution in [0.4, 0.5) is 16.5 Å². The first-order valence-electron chi connectivity index (χ1n) is 8.98. The van der Waals surface area contributed by atoms with Crippen molar-refractivity contribution in [3.8, 4) is 5.75 Å². The van der Waals surface area contributed by atoms with E-state index in [-0.39, 0.29) is 5.91 Å². The van der Waals surface area contributed by atoms with Gasteiger partial charge in [-0.25, -0.2) is 0 Å². The van der Waals surface area contributed by atoms with Crippen molar-refractivity contribution >= 4 is 45.5 Å². The molecule has 144 valence electrons. The van der Waals surface area contributed by atoms with Crippen LogP contribution in [-0.2, 0) is 17.6 Å². The molecule has 2 aromatic carbocycles. The smallest absolute Gasteiger partial charge is 0.234 e. The van der Waals surface area contributed by atoms with Crippen LogP contribution < -0.4 is 15.4 Å². The van der Waals surface area contributed by atoms with Gasteiger partial charge in [0.2, 0.25) is 11.0 Å². The summed E-state index contributed by atoms with van der Waals surface area (Å²) < 4.78 is 5.90. The van der Waals surface area contributed by atoms with E-state index in [0.29, 0.717) is 10.9 Å². The fourth-order valence-corrected chi connectivity index (χ4v) is 4.66. The Bertz CT molecular complexity index is 973. The maximum absolute atomic E-state index is 12.2. The number of anilines is 3. The third-order valence-corrected chi connectivity index (χ3v) is 6.43. The number of ether oxygens (including phenoxy) is 1. The molecule has 3 aromatic rings. The van der Waals surface area contributed by atoms with Gasteiger partial charge in [-0.1, -0.05) is 29.2 Å². The van der Waals surface area contributed by atoms with E-state index in [1.807, 2.05) is 30.3 Å². The zero-order chi connectivity index (χ0) is 19.3. The van der Waals surface area contributed by atoms with E-state index < -0.39 is 0 Å². The summed E-state index contributed by atoms with van der Waals surface area (Å²) in [5.41, 5.74) is 4.52. The predicted octanol–water partition coefficient (Wildman–Crippen LogP) is 4.51. The fraction of sp³-hybridized carbons (Fsp3) is 0.250. The van der Waals surface area contributed by atoms with E-state index in [0.717, 1.165) is 34.3 Å². The summed E-state index contributed by atoms with van der Waals surface area (Å²) in [7, 11) is 1.64. The van der Waals surface area contributed by atoms with Crippen LogP contribution in [0.1, 0.15) is 17.5 Å². The number of fused-ring (bicyclic) bond motifs is 1. The largest absolute Gasteiger partial charge is 0.497 e. The number of amides is 1. The van der Waals surface area contributed by atoms with Crippen molar-refractivity contribution < 1.29 is 9.53 Å². The number of carbonyl (C=O) groups excluding carboxylic acids is 1. The van der Waals surface area contributed by atoms with Gasteiger partial charge in [0.15, 0.2) is 4.34 Å². The van der Waals surface area contributed by atoms with Gasteiger partial charge in [-0.2, -0.15) is 0 Å². The fourth-order valence-electron chi connectivity index (χ4n) is 3.09. The van der Waals surface area contributed by atoms with Crippen molar-refractivity contribution in [1.82, 2.24) is 10.2 Å². The molecular formula is C20H20N4O2S2. The zero-order valence-corrected chi connectivity index (χ0v) is 17.0. The van der Waals surface area contributed by atoms with Gasteiger partial charge in [0.25, 0.3) is 0 Å². The number of benzene rings is 2. The van der Waals surface area contributed by atoms with E-state index in [1.54, 1.807) is 7.11 Å². The van der Waals surface area contributed by atoms with Gasteiger partial charge in [-0.05, 0) is 66.8 Å². The van der Waals surface area contributed by atoms with Crippen LogP contribution in [0.5, 0.6) is 5.75 Å². The minimum absolute atomic E-state index is 0.0391. The van der Waals surface area contributed by atoms with Gasteiger partial charge < -0.3 is 15.4 Å². The molecule has 1 aliphatic carbocycles. The first kappa shape index (κ1) is 18.8. The maximum atomic E-state index is 12.2. The van der Waals surface area contributed by atoms with Crippen LogP contribution in [0.15, 0.2) is 46.8 Å². The van der Waals surface area contributed by atoms with Crippen molar-refractivity contribution in [1.29, 1.82) is 0 Å². The summed E-state index contributed by atoms with van der Waals surface area (Å²) >= 11 is 2.80. The lowest BCUT2D eigenvalue weighted by Gasteiger charge is -2.06. The van der Waals surface area contributed by atoms with Gasteiger partial charge in [-0.3, -0.25) is 4.79 Å². The molecule has 28 heavy (non-hydrogen) atoms. The molecular weight excluding hydrogens is 392 g/mol. The highest BCUT2D eigenvalue weighted by atomic mass is 32.2. The number of nitrogens with zero attached hydrogens (tertiary/aromatic N) is 2. The molecule has 0 aliphatic heterocycles. The Morgan fingerprint density at radius 1 is 1.11 bits per heavy atom. The lowest BCUT2D eigenvalue weighted by atomic mass is 10.1. The summed E-state index contributed by atoms with van der Waals surface area (Å²) in [6.45, 7) is 0. The lowest BCUT2D eigenvalue weighted by Crippen LogP contribution is -2.14. The van der Waals surface area contributed by atoms with Crippen molar-refractivity contribution in [3.05, 3.63) is 53.6 Å². The monoisotopic (exact) mass is 412 g/mol. The van der Waals surface area contributed by atoms with Crippen LogP contribution in [0.2, 0.25) is 0 Å². The molecule has 1 amide bonds. The predicted molar refractivity (Wildman–Crippen MR) is 114 cm³/mol. The van der Waals surface area contributed by atoms with Gasteiger partial charge in [0.05, 0.1) is 12.9 Å². The second kappa shape index (κ2) is 8.62. The van der Waals surface area contributed by atoms with E-state index in [4.69, 9.17) is 4.74 Å². The average molecular weight is 413 g/mol. The SMILES string of the molecule is COc1ccc(Nc2nnc(SCC(=O)Nc3ccc4c(c3)CCC4)s2)cc1. The second-order valence-electron chi connectivity index (χ2n) is 6.40. The highest BCUT2D eigenvalue weighted by molar-refractivity contribution is 8.01. The molecule has 6 nitrogen and oxygen atoms in total. The molecule has 0 unspecified atom stereocenters. The average Bonchev–Trinajstić information content (AvgIpc) is 3.36. The number of thioether (sulfide) groups is 1. The van der Waals surface area contributed by atoms with Crippen molar-refractivity contribution in [3.63, 3.8) is 0 Å². The number of hydrogen-bond donors (Lipinski definition) is 2. The number of nitrogens with one attached hydrogen (secondary N) is 2. The Morgan fingerprint density at radius 2 is 1.89 bits per heavy atom. The molecule has 0 spiro atoms. The Kier molecular flexibility index (Phi) is 5.78. The number of hydrogen-bond acceptors (Lipinski definition) is 7. The summed E-state index contributed by atoms with van der Waals surface area (Å²) in [4.78, 5) is 12.2. The van der Waals surface area contributed by atoms with E-state index in [1.165, 1.54) is 40.6 Å². The molecule has 0 saturated heterocycles. The van der Waals surface area contributed by atoms with Crippen molar-refractivity contribution in [2.24, 2.45) is 0 Å². The van der Waals surface area contributed by atoms with Crippen LogP contribution in [0, 0.1) is 0 Å². The lowest BCUT2D eigenvalue weighted by molar-refractivity contribution is -0.113. The number of methoxy groups -OCH3 is 1. The van der Waals surface area contributed by atoms with Crippen LogP contribution >= 0.6 is 23.1 Å². The summed E-state index contributed by atoms with van der Waals surface area (Å²) in [6, 6.07) is 13.8. The molecule has 0 radical (unpaired) electrons. The first-order chi connectivity index (χ1) is 13.7. The second-order valence-corrected chi connectivity index (χ2v) is 8.60. The third-order valence-electron chi connectivity index (χ3n) is 4.46. The maximum Gasteiger partial charge on any atom is 0.234 e. The van der Waals surface area contributed by atoms with Gasteiger partial charge in [0, 0.05) is 11.4 Å². The Labute approximate surface area is 171 Å². The zero-order valence-electron chi connectivity index (χ0n) is 15.4. The molecule has 0 bridgehead atoms. The Hall–Kier alpha value is -2.58. The van der Waals surface area contributed by atoms with Gasteiger partial charge in [0.1, 0.15) is 5.75 Å². The number of rotatable bonds is 7. The van der Waals surface area contributed by atoms with E-state index in [2.05, 4.69) is 33.0 Å². The van der Waals surface area contributed by atoms with Gasteiger partial charge in [-0.15, -0.1) is 10.2 Å². The molecule has 8 heteroatoms. The van der Waals surface area contributed by atoms with E-state index in [9.17, 15) is 4.79 Å². The van der Waals surface area contributed by atoms with Crippen LogP contribution in [0.3, 0.4) is 0 Å². The molecule has 0 atom stereocenters. The molecule has 1 aliphatic rings. The number of aromatic nitrogens is 2. The molecule has 1 aromatic heterocycles. The van der Waals surface area contributed by atoms with E-state index >= 15 is 0 Å². The Morgan fingerprint density at radius 3 is 2.71 bits per heavy atom. The van der Waals surface area contributed by atoms with Gasteiger partial charge >= 0.3 is 0 Å². The standard InChI is InChI=1S/C20H20N4O2S2/c1-26-17-9-7-15(8-10-17)22-19-23-24-20(28-19)27-12-18(25)21-16-6-5-13-3-2-4-14(13)11-16/h5-11H,2-4,12H2,1H3,(H,21,25)(H,22,23). The highest BCUT2D eigenvalue weighted by Gasteiger charge is 2.13. The van der Waals surface area contributed by atoms with Crippen molar-refractivity contribution in [2.45, 2.75) is 23.6 Å². The minimum Gasteiger partial charge on any atom is -0.497 e. The summed E-state index contributed by atoms with van der Waals surface area (Å²) in [5.74, 6) is 1.06. The number of aryl methyl sites for hydroxylation is 2. The van der Waals surface area contributed by atoms with Crippen LogP contribution in [0.25, 0.3) is 0 Å². The normalized spacial score (nSPS) is 12.5. The molecule has 2 N–H and O–H groups in total. The first-order valence-corrected chi connectivity index (χ1v) is 10.8.